The van der Waals surface area contributed by atoms with E-state index in [1.54, 1.807) is 60.7 Å². The summed E-state index contributed by atoms with van der Waals surface area (Å²) in [6.07, 6.45) is 0.00388. The number of carbonyl (C=O) groups excluding carboxylic acids is 3. The van der Waals surface area contributed by atoms with Gasteiger partial charge in [0, 0.05) is 24.4 Å². The monoisotopic (exact) mass is 465 g/mol. The number of rotatable bonds is 9. The van der Waals surface area contributed by atoms with Crippen molar-refractivity contribution in [1.29, 1.82) is 0 Å². The lowest BCUT2D eigenvalue weighted by molar-refractivity contribution is -0.124. The van der Waals surface area contributed by atoms with E-state index < -0.39 is 5.91 Å². The van der Waals surface area contributed by atoms with Crippen molar-refractivity contribution in [2.45, 2.75) is 19.4 Å². The van der Waals surface area contributed by atoms with Gasteiger partial charge in [-0.1, -0.05) is 48.0 Å². The van der Waals surface area contributed by atoms with E-state index in [9.17, 15) is 14.4 Å². The zero-order chi connectivity index (χ0) is 23.6. The molecule has 0 aliphatic carbocycles. The molecule has 8 heteroatoms. The highest BCUT2D eigenvalue weighted by atomic mass is 35.5. The van der Waals surface area contributed by atoms with Gasteiger partial charge in [0.25, 0.3) is 5.91 Å². The molecule has 0 heterocycles. The van der Waals surface area contributed by atoms with Gasteiger partial charge in [-0.05, 0) is 42.0 Å². The Morgan fingerprint density at radius 2 is 1.42 bits per heavy atom. The standard InChI is InChI=1S/C25H24ClN3O4/c1-33-22-9-5-4-8-21(22)29-25(32)19-6-2-3-7-20(19)28-24(31)15-14-23(30)27-16-17-10-12-18(26)13-11-17/h2-13H,14-16H2,1H3,(H,27,30)(H,28,31)(H,29,32). The molecule has 0 atom stereocenters. The maximum atomic E-state index is 12.8. The third kappa shape index (κ3) is 7.08. The van der Waals surface area contributed by atoms with E-state index in [1.807, 2.05) is 12.1 Å². The number of carbonyl (C=O) groups is 3. The summed E-state index contributed by atoms with van der Waals surface area (Å²) in [4.78, 5) is 37.3. The molecule has 0 radical (unpaired) electrons. The lowest BCUT2D eigenvalue weighted by Crippen LogP contribution is -2.25. The molecule has 3 aromatic carbocycles. The highest BCUT2D eigenvalue weighted by Crippen LogP contribution is 2.25. The van der Waals surface area contributed by atoms with Crippen LogP contribution in [0.25, 0.3) is 0 Å². The van der Waals surface area contributed by atoms with E-state index in [1.165, 1.54) is 7.11 Å². The molecular weight excluding hydrogens is 442 g/mol. The second-order valence-corrected chi connectivity index (χ2v) is 7.59. The van der Waals surface area contributed by atoms with Gasteiger partial charge in [-0.15, -0.1) is 0 Å². The van der Waals surface area contributed by atoms with Gasteiger partial charge in [0.2, 0.25) is 11.8 Å². The first-order valence-electron chi connectivity index (χ1n) is 10.3. The minimum absolute atomic E-state index is 0.0189. The predicted molar refractivity (Wildman–Crippen MR) is 129 cm³/mol. The number of ether oxygens (including phenoxy) is 1. The Morgan fingerprint density at radius 1 is 0.788 bits per heavy atom. The van der Waals surface area contributed by atoms with Crippen molar-refractivity contribution < 1.29 is 19.1 Å². The van der Waals surface area contributed by atoms with Gasteiger partial charge in [0.05, 0.1) is 24.0 Å². The minimum atomic E-state index is -0.392. The van der Waals surface area contributed by atoms with Crippen molar-refractivity contribution in [1.82, 2.24) is 5.32 Å². The fourth-order valence-electron chi connectivity index (χ4n) is 3.06. The Balaban J connectivity index is 1.54. The van der Waals surface area contributed by atoms with E-state index in [4.69, 9.17) is 16.3 Å². The van der Waals surface area contributed by atoms with Gasteiger partial charge in [-0.25, -0.2) is 0 Å². The molecule has 0 aliphatic rings. The third-order valence-corrected chi connectivity index (χ3v) is 5.03. The lowest BCUT2D eigenvalue weighted by Gasteiger charge is -2.13. The smallest absolute Gasteiger partial charge is 0.257 e. The lowest BCUT2D eigenvalue weighted by atomic mass is 10.1. The summed E-state index contributed by atoms with van der Waals surface area (Å²) >= 11 is 5.85. The maximum absolute atomic E-state index is 12.8. The van der Waals surface area contributed by atoms with Crippen LogP contribution in [-0.4, -0.2) is 24.8 Å². The average Bonchev–Trinajstić information content (AvgIpc) is 2.83. The summed E-state index contributed by atoms with van der Waals surface area (Å²) in [6.45, 7) is 0.351. The van der Waals surface area contributed by atoms with E-state index in [0.29, 0.717) is 34.3 Å². The molecule has 0 saturated heterocycles. The number of halogens is 1. The predicted octanol–water partition coefficient (Wildman–Crippen LogP) is 4.64. The van der Waals surface area contributed by atoms with Gasteiger partial charge < -0.3 is 20.7 Å². The van der Waals surface area contributed by atoms with Crippen molar-refractivity contribution in [3.8, 4) is 5.75 Å². The number of hydrogen-bond donors (Lipinski definition) is 3. The second-order valence-electron chi connectivity index (χ2n) is 7.15. The van der Waals surface area contributed by atoms with E-state index >= 15 is 0 Å². The van der Waals surface area contributed by atoms with Crippen LogP contribution in [0.1, 0.15) is 28.8 Å². The molecule has 33 heavy (non-hydrogen) atoms. The number of anilines is 2. The number of amides is 3. The van der Waals surface area contributed by atoms with E-state index in [-0.39, 0.29) is 24.7 Å². The first kappa shape index (κ1) is 23.8. The van der Waals surface area contributed by atoms with Crippen LogP contribution in [0.5, 0.6) is 5.75 Å². The van der Waals surface area contributed by atoms with Crippen LogP contribution in [0.4, 0.5) is 11.4 Å². The van der Waals surface area contributed by atoms with Crippen LogP contribution in [0, 0.1) is 0 Å². The van der Waals surface area contributed by atoms with Crippen LogP contribution in [-0.2, 0) is 16.1 Å². The SMILES string of the molecule is COc1ccccc1NC(=O)c1ccccc1NC(=O)CCC(=O)NCc1ccc(Cl)cc1. The van der Waals surface area contributed by atoms with Gasteiger partial charge in [-0.3, -0.25) is 14.4 Å². The number of benzene rings is 3. The highest BCUT2D eigenvalue weighted by Gasteiger charge is 2.15. The fraction of sp³-hybridized carbons (Fsp3) is 0.160. The van der Waals surface area contributed by atoms with Crippen molar-refractivity contribution in [3.63, 3.8) is 0 Å². The summed E-state index contributed by atoms with van der Waals surface area (Å²) in [5.74, 6) is -0.482. The molecule has 170 valence electrons. The topological polar surface area (TPSA) is 96.5 Å². The van der Waals surface area contributed by atoms with Gasteiger partial charge in [0.1, 0.15) is 5.75 Å². The second kappa shape index (κ2) is 11.7. The molecule has 0 aliphatic heterocycles. The molecule has 0 fully saturated rings. The zero-order valence-corrected chi connectivity index (χ0v) is 18.8. The van der Waals surface area contributed by atoms with Crippen LogP contribution in [0.3, 0.4) is 0 Å². The molecule has 3 rings (SSSR count). The number of methoxy groups -OCH3 is 1. The van der Waals surface area contributed by atoms with Gasteiger partial charge in [-0.2, -0.15) is 0 Å². The summed E-state index contributed by atoms with van der Waals surface area (Å²) in [5.41, 5.74) is 2.08. The summed E-state index contributed by atoms with van der Waals surface area (Å²) < 4.78 is 5.26. The number of nitrogens with one attached hydrogen (secondary N) is 3. The highest BCUT2D eigenvalue weighted by molar-refractivity contribution is 6.30. The van der Waals surface area contributed by atoms with Crippen LogP contribution < -0.4 is 20.7 Å². The number of para-hydroxylation sites is 3. The van der Waals surface area contributed by atoms with Crippen molar-refractivity contribution in [2.75, 3.05) is 17.7 Å². The summed E-state index contributed by atoms with van der Waals surface area (Å²) in [6, 6.07) is 20.8. The molecule has 3 aromatic rings. The minimum Gasteiger partial charge on any atom is -0.495 e. The van der Waals surface area contributed by atoms with Crippen LogP contribution in [0.2, 0.25) is 5.02 Å². The molecule has 0 saturated carbocycles. The average molecular weight is 466 g/mol. The summed E-state index contributed by atoms with van der Waals surface area (Å²) in [5, 5.41) is 8.90. The van der Waals surface area contributed by atoms with Crippen molar-refractivity contribution >= 4 is 40.7 Å². The van der Waals surface area contributed by atoms with Gasteiger partial charge >= 0.3 is 0 Å². The fourth-order valence-corrected chi connectivity index (χ4v) is 3.18. The third-order valence-electron chi connectivity index (χ3n) is 4.78. The Labute approximate surface area is 197 Å². The van der Waals surface area contributed by atoms with E-state index in [0.717, 1.165) is 5.56 Å². The first-order valence-corrected chi connectivity index (χ1v) is 10.7. The van der Waals surface area contributed by atoms with Crippen molar-refractivity contribution in [2.24, 2.45) is 0 Å². The molecule has 0 spiro atoms. The number of hydrogen-bond acceptors (Lipinski definition) is 4. The zero-order valence-electron chi connectivity index (χ0n) is 18.1. The molecule has 0 aromatic heterocycles. The van der Waals surface area contributed by atoms with Crippen molar-refractivity contribution in [3.05, 3.63) is 88.9 Å². The van der Waals surface area contributed by atoms with E-state index in [2.05, 4.69) is 16.0 Å². The molecule has 3 N–H and O–H groups in total. The summed E-state index contributed by atoms with van der Waals surface area (Å²) in [7, 11) is 1.52. The Bertz CT molecular complexity index is 1130. The Kier molecular flexibility index (Phi) is 8.43. The Morgan fingerprint density at radius 3 is 2.15 bits per heavy atom. The van der Waals surface area contributed by atoms with Crippen LogP contribution in [0.15, 0.2) is 72.8 Å². The maximum Gasteiger partial charge on any atom is 0.257 e. The molecular formula is C25H24ClN3O4. The van der Waals surface area contributed by atoms with Crippen LogP contribution >= 0.6 is 11.6 Å². The molecule has 3 amide bonds. The van der Waals surface area contributed by atoms with Gasteiger partial charge in [0.15, 0.2) is 0 Å². The first-order chi connectivity index (χ1) is 16.0. The molecule has 7 nitrogen and oxygen atoms in total. The molecule has 0 unspecified atom stereocenters. The quantitative estimate of drug-likeness (QED) is 0.429. The molecule has 0 bridgehead atoms. The Hall–Kier alpha value is -3.84. The largest absolute Gasteiger partial charge is 0.495 e. The normalized spacial score (nSPS) is 10.2.